The lowest BCUT2D eigenvalue weighted by Crippen LogP contribution is -2.49. The van der Waals surface area contributed by atoms with Crippen molar-refractivity contribution in [1.82, 2.24) is 19.4 Å². The standard InChI is InChI=1S/C18H24N4O2/c1-16-19-8-11-21(16)10-5-9-20-12-14-22(15-13-20)18(23)24-17-6-3-2-4-7-17/h2-4,6-8,11H,5,9-10,12-15H2,1H3. The minimum Gasteiger partial charge on any atom is -0.410 e. The predicted molar refractivity (Wildman–Crippen MR) is 92.1 cm³/mol. The molecule has 1 aromatic carbocycles. The van der Waals surface area contributed by atoms with Crippen molar-refractivity contribution in [2.24, 2.45) is 0 Å². The quantitative estimate of drug-likeness (QED) is 0.846. The Balaban J connectivity index is 1.37. The van der Waals surface area contributed by atoms with E-state index in [1.54, 1.807) is 17.0 Å². The van der Waals surface area contributed by atoms with E-state index in [0.717, 1.165) is 51.5 Å². The second kappa shape index (κ2) is 7.97. The number of piperazine rings is 1. The van der Waals surface area contributed by atoms with Crippen molar-refractivity contribution in [1.29, 1.82) is 0 Å². The van der Waals surface area contributed by atoms with Gasteiger partial charge in [0.05, 0.1) is 0 Å². The first-order chi connectivity index (χ1) is 11.7. The van der Waals surface area contributed by atoms with E-state index in [4.69, 9.17) is 4.74 Å². The number of ether oxygens (including phenoxy) is 1. The van der Waals surface area contributed by atoms with Gasteiger partial charge in [-0.2, -0.15) is 0 Å². The minimum atomic E-state index is -0.255. The molecule has 24 heavy (non-hydrogen) atoms. The Morgan fingerprint density at radius 1 is 1.12 bits per heavy atom. The van der Waals surface area contributed by atoms with Gasteiger partial charge in [-0.25, -0.2) is 9.78 Å². The fraction of sp³-hybridized carbons (Fsp3) is 0.444. The maximum Gasteiger partial charge on any atom is 0.415 e. The van der Waals surface area contributed by atoms with E-state index in [2.05, 4.69) is 14.5 Å². The van der Waals surface area contributed by atoms with E-state index in [0.29, 0.717) is 5.75 Å². The summed E-state index contributed by atoms with van der Waals surface area (Å²) in [7, 11) is 0. The number of hydrogen-bond acceptors (Lipinski definition) is 4. The average molecular weight is 328 g/mol. The topological polar surface area (TPSA) is 50.6 Å². The van der Waals surface area contributed by atoms with Crippen molar-refractivity contribution >= 4 is 6.09 Å². The first-order valence-corrected chi connectivity index (χ1v) is 8.44. The van der Waals surface area contributed by atoms with Crippen LogP contribution in [-0.4, -0.2) is 58.2 Å². The number of aromatic nitrogens is 2. The fourth-order valence-electron chi connectivity index (χ4n) is 2.91. The van der Waals surface area contributed by atoms with E-state index in [9.17, 15) is 4.79 Å². The summed E-state index contributed by atoms with van der Waals surface area (Å²) in [5.74, 6) is 1.66. The van der Waals surface area contributed by atoms with Crippen molar-refractivity contribution < 1.29 is 9.53 Å². The molecule has 1 aliphatic heterocycles. The summed E-state index contributed by atoms with van der Waals surface area (Å²) in [5, 5.41) is 0. The van der Waals surface area contributed by atoms with Gasteiger partial charge in [0.1, 0.15) is 11.6 Å². The molecule has 1 amide bonds. The molecule has 0 atom stereocenters. The van der Waals surface area contributed by atoms with E-state index in [1.807, 2.05) is 37.5 Å². The third-order valence-electron chi connectivity index (χ3n) is 4.38. The molecule has 0 unspecified atom stereocenters. The molecule has 128 valence electrons. The molecule has 0 N–H and O–H groups in total. The van der Waals surface area contributed by atoms with Crippen LogP contribution in [0.1, 0.15) is 12.2 Å². The summed E-state index contributed by atoms with van der Waals surface area (Å²) in [4.78, 5) is 20.6. The van der Waals surface area contributed by atoms with Crippen LogP contribution in [0.5, 0.6) is 5.75 Å². The normalized spacial score (nSPS) is 15.5. The predicted octanol–water partition coefficient (Wildman–Crippen LogP) is 2.40. The Labute approximate surface area is 142 Å². The van der Waals surface area contributed by atoms with Crippen LogP contribution < -0.4 is 4.74 Å². The van der Waals surface area contributed by atoms with Crippen LogP contribution >= 0.6 is 0 Å². The molecule has 0 radical (unpaired) electrons. The zero-order valence-corrected chi connectivity index (χ0v) is 14.1. The molecule has 0 aliphatic carbocycles. The number of hydrogen-bond donors (Lipinski definition) is 0. The SMILES string of the molecule is Cc1nccn1CCCN1CCN(C(=O)Oc2ccccc2)CC1. The van der Waals surface area contributed by atoms with Gasteiger partial charge in [0, 0.05) is 45.1 Å². The molecule has 0 saturated carbocycles. The van der Waals surface area contributed by atoms with Crippen LogP contribution in [0.15, 0.2) is 42.7 Å². The molecule has 1 aromatic heterocycles. The Bertz CT molecular complexity index is 648. The smallest absolute Gasteiger partial charge is 0.410 e. The largest absolute Gasteiger partial charge is 0.415 e. The fourth-order valence-corrected chi connectivity index (χ4v) is 2.91. The monoisotopic (exact) mass is 328 g/mol. The molecule has 6 nitrogen and oxygen atoms in total. The van der Waals surface area contributed by atoms with Gasteiger partial charge in [-0.05, 0) is 32.0 Å². The van der Waals surface area contributed by atoms with Crippen LogP contribution in [0.25, 0.3) is 0 Å². The number of aryl methyl sites for hydroxylation is 2. The lowest BCUT2D eigenvalue weighted by atomic mass is 10.3. The summed E-state index contributed by atoms with van der Waals surface area (Å²) in [6.45, 7) is 7.28. The summed E-state index contributed by atoms with van der Waals surface area (Å²) >= 11 is 0. The van der Waals surface area contributed by atoms with Gasteiger partial charge >= 0.3 is 6.09 Å². The number of benzene rings is 1. The highest BCUT2D eigenvalue weighted by Crippen LogP contribution is 2.12. The van der Waals surface area contributed by atoms with Crippen molar-refractivity contribution in [2.45, 2.75) is 19.9 Å². The lowest BCUT2D eigenvalue weighted by Gasteiger charge is -2.34. The first kappa shape index (κ1) is 16.5. The summed E-state index contributed by atoms with van der Waals surface area (Å²) in [5.41, 5.74) is 0. The second-order valence-corrected chi connectivity index (χ2v) is 6.03. The number of nitrogens with zero attached hydrogens (tertiary/aromatic N) is 4. The maximum atomic E-state index is 12.2. The first-order valence-electron chi connectivity index (χ1n) is 8.44. The highest BCUT2D eigenvalue weighted by Gasteiger charge is 2.22. The molecule has 0 spiro atoms. The average Bonchev–Trinajstić information content (AvgIpc) is 3.01. The van der Waals surface area contributed by atoms with Crippen LogP contribution in [0.3, 0.4) is 0 Å². The molecule has 1 fully saturated rings. The minimum absolute atomic E-state index is 0.255. The van der Waals surface area contributed by atoms with Crippen LogP contribution in [0.4, 0.5) is 4.79 Å². The van der Waals surface area contributed by atoms with Gasteiger partial charge in [0.15, 0.2) is 0 Å². The van der Waals surface area contributed by atoms with Gasteiger partial charge in [0.25, 0.3) is 0 Å². The maximum absolute atomic E-state index is 12.2. The Morgan fingerprint density at radius 2 is 1.88 bits per heavy atom. The molecular weight excluding hydrogens is 304 g/mol. The van der Waals surface area contributed by atoms with Gasteiger partial charge < -0.3 is 14.2 Å². The third kappa shape index (κ3) is 4.35. The number of rotatable bonds is 5. The Hall–Kier alpha value is -2.34. The molecule has 2 aromatic rings. The van der Waals surface area contributed by atoms with Crippen molar-refractivity contribution in [3.63, 3.8) is 0 Å². The highest BCUT2D eigenvalue weighted by atomic mass is 16.6. The highest BCUT2D eigenvalue weighted by molar-refractivity contribution is 5.70. The number of carbonyl (C=O) groups excluding carboxylic acids is 1. The van der Waals surface area contributed by atoms with Gasteiger partial charge in [-0.15, -0.1) is 0 Å². The van der Waals surface area contributed by atoms with Crippen LogP contribution in [0.2, 0.25) is 0 Å². The number of amides is 1. The summed E-state index contributed by atoms with van der Waals surface area (Å²) in [6.07, 6.45) is 4.69. The summed E-state index contributed by atoms with van der Waals surface area (Å²) < 4.78 is 7.56. The molecule has 2 heterocycles. The molecule has 1 aliphatic rings. The van der Waals surface area contributed by atoms with E-state index in [1.165, 1.54) is 0 Å². The molecular formula is C18H24N4O2. The van der Waals surface area contributed by atoms with Crippen LogP contribution in [-0.2, 0) is 6.54 Å². The van der Waals surface area contributed by atoms with Gasteiger partial charge in [-0.3, -0.25) is 4.90 Å². The molecule has 6 heteroatoms. The third-order valence-corrected chi connectivity index (χ3v) is 4.38. The Kier molecular flexibility index (Phi) is 5.48. The van der Waals surface area contributed by atoms with Crippen molar-refractivity contribution in [3.8, 4) is 5.75 Å². The van der Waals surface area contributed by atoms with Gasteiger partial charge in [-0.1, -0.05) is 18.2 Å². The Morgan fingerprint density at radius 3 is 2.54 bits per heavy atom. The van der Waals surface area contributed by atoms with E-state index in [-0.39, 0.29) is 6.09 Å². The molecule has 3 rings (SSSR count). The van der Waals surface area contributed by atoms with Crippen LogP contribution in [0, 0.1) is 6.92 Å². The van der Waals surface area contributed by atoms with E-state index >= 15 is 0 Å². The molecule has 1 saturated heterocycles. The second-order valence-electron chi connectivity index (χ2n) is 6.03. The zero-order valence-electron chi connectivity index (χ0n) is 14.1. The lowest BCUT2D eigenvalue weighted by molar-refractivity contribution is 0.109. The number of para-hydroxylation sites is 1. The number of imidazole rings is 1. The summed E-state index contributed by atoms with van der Waals surface area (Å²) in [6, 6.07) is 9.23. The number of carbonyl (C=O) groups is 1. The van der Waals surface area contributed by atoms with Gasteiger partial charge in [0.2, 0.25) is 0 Å². The van der Waals surface area contributed by atoms with Crippen molar-refractivity contribution in [3.05, 3.63) is 48.5 Å². The molecule has 0 bridgehead atoms. The van der Waals surface area contributed by atoms with E-state index < -0.39 is 0 Å². The van der Waals surface area contributed by atoms with Crippen molar-refractivity contribution in [2.75, 3.05) is 32.7 Å². The zero-order chi connectivity index (χ0) is 16.8.